The number of rotatable bonds is 8. The number of urea groups is 1. The maximum atomic E-state index is 12.9. The molecule has 1 aromatic carbocycles. The van der Waals surface area contributed by atoms with Gasteiger partial charge in [-0.3, -0.25) is 4.79 Å². The van der Waals surface area contributed by atoms with Gasteiger partial charge in [-0.2, -0.15) is 0 Å². The lowest BCUT2D eigenvalue weighted by Gasteiger charge is -2.32. The lowest BCUT2D eigenvalue weighted by molar-refractivity contribution is -0.124. The maximum Gasteiger partial charge on any atom is 0.475 e. The maximum absolute atomic E-state index is 12.9. The van der Waals surface area contributed by atoms with Crippen LogP contribution in [0, 0.1) is 11.8 Å². The molecule has 1 aliphatic heterocycles. The molecule has 1 aliphatic rings. The van der Waals surface area contributed by atoms with Crippen molar-refractivity contribution < 1.29 is 19.6 Å². The smallest absolute Gasteiger partial charge is 0.426 e. The predicted octanol–water partition coefficient (Wildman–Crippen LogP) is 1.71. The van der Waals surface area contributed by atoms with E-state index in [0.29, 0.717) is 25.9 Å². The van der Waals surface area contributed by atoms with Gasteiger partial charge in [0.05, 0.1) is 5.94 Å². The van der Waals surface area contributed by atoms with Crippen molar-refractivity contribution in [2.45, 2.75) is 65.5 Å². The Bertz CT molecular complexity index is 698. The number of hydrogen-bond donors (Lipinski definition) is 4. The number of carbonyl (C=O) groups is 2. The summed E-state index contributed by atoms with van der Waals surface area (Å²) in [7, 11) is -1.65. The van der Waals surface area contributed by atoms with E-state index in [1.54, 1.807) is 4.90 Å². The largest absolute Gasteiger partial charge is 0.475 e. The standard InChI is InChI=1S/C21H34BN3O4/c1-5-15(4)19(20(26)23-18(22(28)29)12-14(2)3)24-21(27)25-11-10-16-8-6-7-9-17(16)13-25/h6-9,14-15,18-19,28-29H,5,10-13H2,1-4H3,(H,23,26)(H,24,27)/t15-,18-,19-/m0/s1. The number of carbonyl (C=O) groups excluding carboxylic acids is 2. The Morgan fingerprint density at radius 1 is 1.14 bits per heavy atom. The quantitative estimate of drug-likeness (QED) is 0.497. The summed E-state index contributed by atoms with van der Waals surface area (Å²) in [4.78, 5) is 27.5. The van der Waals surface area contributed by atoms with Gasteiger partial charge >= 0.3 is 13.1 Å². The zero-order valence-electron chi connectivity index (χ0n) is 17.9. The normalized spacial score (nSPS) is 16.6. The third-order valence-electron chi connectivity index (χ3n) is 5.61. The number of nitrogens with one attached hydrogen (secondary N) is 2. The molecular weight excluding hydrogens is 369 g/mol. The summed E-state index contributed by atoms with van der Waals surface area (Å²) < 4.78 is 0. The lowest BCUT2D eigenvalue weighted by atomic mass is 9.74. The molecular formula is C21H34BN3O4. The van der Waals surface area contributed by atoms with Gasteiger partial charge in [-0.25, -0.2) is 4.79 Å². The molecule has 0 spiro atoms. The van der Waals surface area contributed by atoms with E-state index >= 15 is 0 Å². The van der Waals surface area contributed by atoms with Crippen LogP contribution in [0.5, 0.6) is 0 Å². The first-order valence-corrected chi connectivity index (χ1v) is 10.5. The first kappa shape index (κ1) is 23.2. The second-order valence-corrected chi connectivity index (χ2v) is 8.41. The van der Waals surface area contributed by atoms with Gasteiger partial charge in [-0.1, -0.05) is 58.4 Å². The van der Waals surface area contributed by atoms with E-state index in [1.807, 2.05) is 45.9 Å². The van der Waals surface area contributed by atoms with Gasteiger partial charge in [-0.05, 0) is 35.8 Å². The molecule has 0 saturated carbocycles. The lowest BCUT2D eigenvalue weighted by Crippen LogP contribution is -2.58. The van der Waals surface area contributed by atoms with Gasteiger partial charge in [0, 0.05) is 13.1 Å². The van der Waals surface area contributed by atoms with E-state index in [9.17, 15) is 19.6 Å². The molecule has 0 aliphatic carbocycles. The van der Waals surface area contributed by atoms with Crippen molar-refractivity contribution in [1.29, 1.82) is 0 Å². The van der Waals surface area contributed by atoms with Crippen LogP contribution in [0.3, 0.4) is 0 Å². The Kier molecular flexibility index (Phi) is 8.52. The highest BCUT2D eigenvalue weighted by Crippen LogP contribution is 2.19. The second kappa shape index (κ2) is 10.6. The van der Waals surface area contributed by atoms with Crippen molar-refractivity contribution in [2.24, 2.45) is 11.8 Å². The Hall–Kier alpha value is -2.06. The third-order valence-corrected chi connectivity index (χ3v) is 5.61. The molecule has 2 rings (SSSR count). The van der Waals surface area contributed by atoms with Gasteiger partial charge in [0.15, 0.2) is 0 Å². The van der Waals surface area contributed by atoms with Gasteiger partial charge in [0.1, 0.15) is 6.04 Å². The van der Waals surface area contributed by atoms with E-state index < -0.39 is 19.1 Å². The molecule has 0 radical (unpaired) electrons. The number of benzene rings is 1. The van der Waals surface area contributed by atoms with E-state index in [-0.39, 0.29) is 23.8 Å². The van der Waals surface area contributed by atoms with E-state index in [0.717, 1.165) is 12.0 Å². The van der Waals surface area contributed by atoms with Gasteiger partial charge in [-0.15, -0.1) is 0 Å². The average molecular weight is 403 g/mol. The summed E-state index contributed by atoms with van der Waals surface area (Å²) in [5.74, 6) is -1.06. The van der Waals surface area contributed by atoms with Crippen molar-refractivity contribution in [2.75, 3.05) is 6.54 Å². The third kappa shape index (κ3) is 6.47. The molecule has 1 aromatic rings. The Morgan fingerprint density at radius 2 is 1.79 bits per heavy atom. The zero-order valence-corrected chi connectivity index (χ0v) is 17.9. The van der Waals surface area contributed by atoms with Crippen LogP contribution in [0.4, 0.5) is 4.79 Å². The summed E-state index contributed by atoms with van der Waals surface area (Å²) in [5.41, 5.74) is 2.38. The molecule has 160 valence electrons. The Labute approximate surface area is 174 Å². The average Bonchev–Trinajstić information content (AvgIpc) is 2.69. The molecule has 0 fully saturated rings. The van der Waals surface area contributed by atoms with Gasteiger partial charge in [0.2, 0.25) is 5.91 Å². The number of nitrogens with zero attached hydrogens (tertiary/aromatic N) is 1. The first-order valence-electron chi connectivity index (χ1n) is 10.5. The molecule has 0 saturated heterocycles. The fraction of sp³-hybridized carbons (Fsp3) is 0.619. The molecule has 0 aromatic heterocycles. The van der Waals surface area contributed by atoms with Crippen molar-refractivity contribution in [3.05, 3.63) is 35.4 Å². The van der Waals surface area contributed by atoms with Crippen molar-refractivity contribution in [3.63, 3.8) is 0 Å². The molecule has 0 bridgehead atoms. The molecule has 29 heavy (non-hydrogen) atoms. The monoisotopic (exact) mass is 403 g/mol. The summed E-state index contributed by atoms with van der Waals surface area (Å²) in [6.07, 6.45) is 1.93. The van der Waals surface area contributed by atoms with E-state index in [1.165, 1.54) is 5.56 Å². The van der Waals surface area contributed by atoms with E-state index in [4.69, 9.17) is 0 Å². The van der Waals surface area contributed by atoms with Crippen LogP contribution in [-0.2, 0) is 17.8 Å². The minimum atomic E-state index is -1.65. The van der Waals surface area contributed by atoms with Crippen LogP contribution in [0.2, 0.25) is 0 Å². The SMILES string of the molecule is CC[C@H](C)[C@H](NC(=O)N1CCc2ccccc2C1)C(=O)N[C@@H](CC(C)C)B(O)O. The molecule has 0 unspecified atom stereocenters. The minimum absolute atomic E-state index is 0.0911. The summed E-state index contributed by atoms with van der Waals surface area (Å²) in [5, 5.41) is 24.8. The number of hydrogen-bond acceptors (Lipinski definition) is 4. The Morgan fingerprint density at radius 3 is 2.38 bits per heavy atom. The van der Waals surface area contributed by atoms with Crippen LogP contribution in [0.25, 0.3) is 0 Å². The summed E-state index contributed by atoms with van der Waals surface area (Å²) in [6, 6.07) is 7.05. The molecule has 3 atom stereocenters. The first-order chi connectivity index (χ1) is 13.7. The van der Waals surface area contributed by atoms with Gasteiger partial charge < -0.3 is 25.6 Å². The van der Waals surface area contributed by atoms with E-state index in [2.05, 4.69) is 16.7 Å². The highest BCUT2D eigenvalue weighted by molar-refractivity contribution is 6.43. The fourth-order valence-corrected chi connectivity index (χ4v) is 3.63. The van der Waals surface area contributed by atoms with Crippen LogP contribution in [0.15, 0.2) is 24.3 Å². The zero-order chi connectivity index (χ0) is 21.6. The van der Waals surface area contributed by atoms with Crippen LogP contribution < -0.4 is 10.6 Å². The van der Waals surface area contributed by atoms with Crippen molar-refractivity contribution in [1.82, 2.24) is 15.5 Å². The second-order valence-electron chi connectivity index (χ2n) is 8.41. The minimum Gasteiger partial charge on any atom is -0.426 e. The molecule has 8 heteroatoms. The van der Waals surface area contributed by atoms with Crippen LogP contribution in [-0.4, -0.2) is 52.5 Å². The van der Waals surface area contributed by atoms with Crippen molar-refractivity contribution in [3.8, 4) is 0 Å². The highest BCUT2D eigenvalue weighted by atomic mass is 16.4. The topological polar surface area (TPSA) is 102 Å². The fourth-order valence-electron chi connectivity index (χ4n) is 3.63. The summed E-state index contributed by atoms with van der Waals surface area (Å²) >= 11 is 0. The molecule has 1 heterocycles. The molecule has 7 nitrogen and oxygen atoms in total. The predicted molar refractivity (Wildman–Crippen MR) is 114 cm³/mol. The Balaban J connectivity index is 2.06. The van der Waals surface area contributed by atoms with Crippen molar-refractivity contribution >= 4 is 19.1 Å². The number of fused-ring (bicyclic) bond motifs is 1. The highest BCUT2D eigenvalue weighted by Gasteiger charge is 2.33. The molecule has 4 N–H and O–H groups in total. The summed E-state index contributed by atoms with van der Waals surface area (Å²) in [6.45, 7) is 8.88. The number of amides is 3. The van der Waals surface area contributed by atoms with Gasteiger partial charge in [0.25, 0.3) is 0 Å². The van der Waals surface area contributed by atoms with Crippen LogP contribution in [0.1, 0.15) is 51.7 Å². The molecule has 3 amide bonds. The van der Waals surface area contributed by atoms with Crippen LogP contribution >= 0.6 is 0 Å².